The summed E-state index contributed by atoms with van der Waals surface area (Å²) >= 11 is 9.74. The number of aryl methyl sites for hydroxylation is 1. The molecule has 2 amide bonds. The second-order valence-electron chi connectivity index (χ2n) is 8.33. The summed E-state index contributed by atoms with van der Waals surface area (Å²) in [5, 5.41) is 23.4. The Morgan fingerprint density at radius 1 is 1.30 bits per heavy atom. The van der Waals surface area contributed by atoms with E-state index in [4.69, 9.17) is 11.6 Å². The van der Waals surface area contributed by atoms with Crippen molar-refractivity contribution < 1.29 is 9.90 Å². The zero-order valence-electron chi connectivity index (χ0n) is 17.8. The number of aromatic hydroxyl groups is 1. The first-order valence-corrected chi connectivity index (χ1v) is 11.5. The predicted molar refractivity (Wildman–Crippen MR) is 127 cm³/mol. The number of nitrogens with one attached hydrogen (secondary N) is 1. The molecule has 2 aliphatic rings. The van der Waals surface area contributed by atoms with E-state index in [0.717, 1.165) is 10.0 Å². The third kappa shape index (κ3) is 3.16. The van der Waals surface area contributed by atoms with Crippen LogP contribution in [0.15, 0.2) is 39.6 Å². The van der Waals surface area contributed by atoms with E-state index < -0.39 is 6.04 Å². The molecule has 0 radical (unpaired) electrons. The van der Waals surface area contributed by atoms with Gasteiger partial charge in [0.15, 0.2) is 0 Å². The van der Waals surface area contributed by atoms with E-state index in [9.17, 15) is 20.0 Å². The van der Waals surface area contributed by atoms with E-state index in [-0.39, 0.29) is 28.7 Å². The zero-order chi connectivity index (χ0) is 23.6. The number of urea groups is 1. The first-order valence-electron chi connectivity index (χ1n) is 10.3. The topological polar surface area (TPSA) is 103 Å². The number of likely N-dealkylation sites (tertiary alicyclic amines) is 1. The van der Waals surface area contributed by atoms with Crippen molar-refractivity contribution in [3.63, 3.8) is 0 Å². The van der Waals surface area contributed by atoms with Crippen LogP contribution in [0.3, 0.4) is 0 Å². The lowest BCUT2D eigenvalue weighted by atomic mass is 10.1. The van der Waals surface area contributed by atoms with Crippen molar-refractivity contribution in [3.8, 4) is 17.6 Å². The Morgan fingerprint density at radius 2 is 2.06 bits per heavy atom. The second kappa shape index (κ2) is 7.68. The Bertz CT molecular complexity index is 1440. The highest BCUT2D eigenvalue weighted by molar-refractivity contribution is 9.10. The van der Waals surface area contributed by atoms with Gasteiger partial charge in [-0.25, -0.2) is 14.2 Å². The average molecular weight is 529 g/mol. The number of rotatable bonds is 2. The fourth-order valence-electron chi connectivity index (χ4n) is 4.81. The largest absolute Gasteiger partial charge is 0.493 e. The molecule has 2 N–H and O–H groups in total. The summed E-state index contributed by atoms with van der Waals surface area (Å²) in [6, 6.07) is 9.75. The Labute approximate surface area is 202 Å². The number of fused-ring (bicyclic) bond motifs is 5. The van der Waals surface area contributed by atoms with Crippen LogP contribution in [0.5, 0.6) is 5.88 Å². The minimum atomic E-state index is -0.422. The summed E-state index contributed by atoms with van der Waals surface area (Å²) in [7, 11) is 0. The monoisotopic (exact) mass is 527 g/mol. The van der Waals surface area contributed by atoms with Gasteiger partial charge in [0.05, 0.1) is 28.4 Å². The molecule has 1 aromatic heterocycles. The maximum Gasteiger partial charge on any atom is 0.336 e. The molecule has 0 spiro atoms. The van der Waals surface area contributed by atoms with Gasteiger partial charge in [-0.05, 0) is 61.7 Å². The van der Waals surface area contributed by atoms with Crippen LogP contribution in [0.25, 0.3) is 5.69 Å². The minimum absolute atomic E-state index is 0.214. The van der Waals surface area contributed by atoms with Gasteiger partial charge in [0.25, 0.3) is 0 Å². The zero-order valence-corrected chi connectivity index (χ0v) is 20.1. The van der Waals surface area contributed by atoms with Gasteiger partial charge in [0, 0.05) is 16.7 Å². The van der Waals surface area contributed by atoms with Gasteiger partial charge >= 0.3 is 11.7 Å². The number of nitrogens with zero attached hydrogens (tertiary/aromatic N) is 4. The quantitative estimate of drug-likeness (QED) is 0.499. The molecule has 1 fully saturated rings. The third-order valence-electron chi connectivity index (χ3n) is 6.45. The first-order chi connectivity index (χ1) is 15.7. The second-order valence-corrected chi connectivity index (χ2v) is 9.56. The molecule has 2 atom stereocenters. The van der Waals surface area contributed by atoms with Crippen LogP contribution in [0.2, 0.25) is 5.02 Å². The Hall–Kier alpha value is -3.22. The summed E-state index contributed by atoms with van der Waals surface area (Å²) in [5.41, 5.74) is 2.92. The normalized spacial score (nSPS) is 18.3. The van der Waals surface area contributed by atoms with Crippen molar-refractivity contribution in [2.45, 2.75) is 32.4 Å². The molecule has 8 nitrogen and oxygen atoms in total. The molecule has 1 saturated heterocycles. The summed E-state index contributed by atoms with van der Waals surface area (Å²) in [5.74, 6) is -0.214. The molecule has 3 heterocycles. The third-order valence-corrected chi connectivity index (χ3v) is 7.82. The number of hydrogen-bond donors (Lipinski definition) is 2. The molecule has 10 heteroatoms. The molecule has 0 aliphatic carbocycles. The molecule has 3 aromatic rings. The molecule has 0 saturated carbocycles. The van der Waals surface area contributed by atoms with E-state index in [0.29, 0.717) is 41.2 Å². The summed E-state index contributed by atoms with van der Waals surface area (Å²) in [6.45, 7) is 4.01. The van der Waals surface area contributed by atoms with Crippen molar-refractivity contribution >= 4 is 39.2 Å². The van der Waals surface area contributed by atoms with Crippen LogP contribution in [0, 0.1) is 25.2 Å². The number of amides is 2. The highest BCUT2D eigenvalue weighted by Gasteiger charge is 2.49. The number of halogens is 2. The molecule has 0 unspecified atom stereocenters. The standard InChI is InChI=1S/C23H19BrClN5O3/c1-11-7-14(4-5-16(11)24)27-22(32)28-10-15-8-18(28)20-21(31)30(23(33)29(15)20)17-6-3-13(9-26)19(25)12(17)2/h3-7,15,18,31H,8,10H2,1-2H3,(H,27,32)/t15-,18-/m0/s1. The number of hydrogen-bond acceptors (Lipinski definition) is 4. The predicted octanol–water partition coefficient (Wildman–Crippen LogP) is 4.78. The highest BCUT2D eigenvalue weighted by Crippen LogP contribution is 2.49. The SMILES string of the molecule is Cc1cc(NC(=O)N2C[C@@H]3C[C@H]2c2c(O)n(-c4ccc(C#N)c(Cl)c4C)c(=O)n23)ccc1Br. The van der Waals surface area contributed by atoms with Crippen molar-refractivity contribution in [3.05, 3.63) is 72.7 Å². The van der Waals surface area contributed by atoms with Crippen LogP contribution >= 0.6 is 27.5 Å². The summed E-state index contributed by atoms with van der Waals surface area (Å²) in [6.07, 6.45) is 0.568. The molecular formula is C23H19BrClN5O3. The van der Waals surface area contributed by atoms with Crippen molar-refractivity contribution in [1.82, 2.24) is 14.0 Å². The van der Waals surface area contributed by atoms with E-state index >= 15 is 0 Å². The lowest BCUT2D eigenvalue weighted by molar-refractivity contribution is 0.198. The number of benzene rings is 2. The average Bonchev–Trinajstić information content (AvgIpc) is 3.45. The molecular weight excluding hydrogens is 510 g/mol. The van der Waals surface area contributed by atoms with Crippen LogP contribution in [0.1, 0.15) is 40.9 Å². The van der Waals surface area contributed by atoms with Gasteiger partial charge in [-0.3, -0.25) is 4.57 Å². The van der Waals surface area contributed by atoms with E-state index in [1.165, 1.54) is 10.6 Å². The maximum absolute atomic E-state index is 13.3. The van der Waals surface area contributed by atoms with Gasteiger partial charge in [0.1, 0.15) is 11.8 Å². The number of imidazole rings is 1. The van der Waals surface area contributed by atoms with Crippen molar-refractivity contribution in [1.29, 1.82) is 5.26 Å². The highest BCUT2D eigenvalue weighted by atomic mass is 79.9. The molecule has 5 rings (SSSR count). The van der Waals surface area contributed by atoms with Gasteiger partial charge in [-0.1, -0.05) is 27.5 Å². The fourth-order valence-corrected chi connectivity index (χ4v) is 5.26. The Balaban J connectivity index is 1.50. The van der Waals surface area contributed by atoms with Crippen LogP contribution in [0.4, 0.5) is 10.5 Å². The van der Waals surface area contributed by atoms with Gasteiger partial charge < -0.3 is 15.3 Å². The van der Waals surface area contributed by atoms with E-state index in [1.54, 1.807) is 22.5 Å². The van der Waals surface area contributed by atoms with Gasteiger partial charge in [0.2, 0.25) is 5.88 Å². The fraction of sp³-hybridized carbons (Fsp3) is 0.261. The maximum atomic E-state index is 13.3. The van der Waals surface area contributed by atoms with Crippen molar-refractivity contribution in [2.75, 3.05) is 11.9 Å². The van der Waals surface area contributed by atoms with Crippen LogP contribution in [-0.4, -0.2) is 31.7 Å². The molecule has 2 bridgehead atoms. The summed E-state index contributed by atoms with van der Waals surface area (Å²) in [4.78, 5) is 27.9. The number of anilines is 1. The number of nitriles is 1. The minimum Gasteiger partial charge on any atom is -0.493 e. The smallest absolute Gasteiger partial charge is 0.336 e. The van der Waals surface area contributed by atoms with E-state index in [1.807, 2.05) is 31.2 Å². The molecule has 168 valence electrons. The van der Waals surface area contributed by atoms with Crippen LogP contribution in [-0.2, 0) is 0 Å². The first kappa shape index (κ1) is 21.6. The Morgan fingerprint density at radius 3 is 2.76 bits per heavy atom. The molecule has 33 heavy (non-hydrogen) atoms. The van der Waals surface area contributed by atoms with E-state index in [2.05, 4.69) is 21.2 Å². The summed E-state index contributed by atoms with van der Waals surface area (Å²) < 4.78 is 3.73. The number of carbonyl (C=O) groups excluding carboxylic acids is 1. The Kier molecular flexibility index (Phi) is 5.03. The number of aromatic nitrogens is 2. The molecule has 2 aromatic carbocycles. The molecule has 2 aliphatic heterocycles. The lowest BCUT2D eigenvalue weighted by Gasteiger charge is -2.27. The lowest BCUT2D eigenvalue weighted by Crippen LogP contribution is -2.40. The van der Waals surface area contributed by atoms with Gasteiger partial charge in [-0.15, -0.1) is 0 Å². The number of carbonyl (C=O) groups is 1. The van der Waals surface area contributed by atoms with Gasteiger partial charge in [-0.2, -0.15) is 5.26 Å². The van der Waals surface area contributed by atoms with Crippen LogP contribution < -0.4 is 11.0 Å². The van der Waals surface area contributed by atoms with Crippen molar-refractivity contribution in [2.24, 2.45) is 0 Å².